The zero-order valence-electron chi connectivity index (χ0n) is 30.7. The molecule has 0 N–H and O–H groups in total. The molecular formula is C46H60N2. The van der Waals surface area contributed by atoms with Crippen molar-refractivity contribution in [3.05, 3.63) is 107 Å². The Morgan fingerprint density at radius 1 is 0.583 bits per heavy atom. The van der Waals surface area contributed by atoms with Crippen LogP contribution in [-0.2, 0) is 19.3 Å². The highest BCUT2D eigenvalue weighted by Gasteiger charge is 2.13. The maximum atomic E-state index is 5.06. The fraction of sp³-hybridized carbons (Fsp3) is 0.435. The second-order valence-electron chi connectivity index (χ2n) is 13.6. The topological polar surface area (TPSA) is 24.7 Å². The summed E-state index contributed by atoms with van der Waals surface area (Å²) in [5, 5.41) is 0. The van der Waals surface area contributed by atoms with Crippen molar-refractivity contribution in [1.29, 1.82) is 0 Å². The van der Waals surface area contributed by atoms with Gasteiger partial charge in [0.1, 0.15) is 0 Å². The van der Waals surface area contributed by atoms with Gasteiger partial charge < -0.3 is 0 Å². The van der Waals surface area contributed by atoms with Gasteiger partial charge in [0.25, 0.3) is 0 Å². The third kappa shape index (κ3) is 11.4. The van der Waals surface area contributed by atoms with Gasteiger partial charge in [0.05, 0.1) is 17.1 Å². The van der Waals surface area contributed by atoms with E-state index in [0.29, 0.717) is 0 Å². The minimum absolute atomic E-state index is 0.910. The van der Waals surface area contributed by atoms with Gasteiger partial charge in [-0.3, -0.25) is 9.98 Å². The van der Waals surface area contributed by atoms with Gasteiger partial charge in [-0.15, -0.1) is 0 Å². The lowest BCUT2D eigenvalue weighted by molar-refractivity contribution is 0.598. The third-order valence-electron chi connectivity index (χ3n) is 9.55. The van der Waals surface area contributed by atoms with E-state index in [4.69, 9.17) is 9.98 Å². The second-order valence-corrected chi connectivity index (χ2v) is 13.6. The quantitative estimate of drug-likeness (QED) is 0.0678. The Hall–Kier alpha value is -3.78. The molecule has 0 bridgehead atoms. The Balaban J connectivity index is 1.58. The number of nitrogens with zero attached hydrogens (tertiary/aromatic N) is 2. The van der Waals surface area contributed by atoms with E-state index < -0.39 is 0 Å². The number of benzene rings is 4. The van der Waals surface area contributed by atoms with Crippen LogP contribution in [0, 0.1) is 6.92 Å². The second kappa shape index (κ2) is 20.6. The molecule has 254 valence electrons. The molecule has 0 amide bonds. The molecule has 2 heteroatoms. The Morgan fingerprint density at radius 3 is 1.77 bits per heavy atom. The van der Waals surface area contributed by atoms with Crippen molar-refractivity contribution in [2.75, 3.05) is 0 Å². The molecule has 0 unspecified atom stereocenters. The molecule has 2 nitrogen and oxygen atoms in total. The predicted molar refractivity (Wildman–Crippen MR) is 213 cm³/mol. The van der Waals surface area contributed by atoms with E-state index in [9.17, 15) is 0 Å². The number of aryl methyl sites for hydroxylation is 3. The normalized spacial score (nSPS) is 11.9. The first-order chi connectivity index (χ1) is 23.5. The summed E-state index contributed by atoms with van der Waals surface area (Å²) >= 11 is 0. The van der Waals surface area contributed by atoms with Crippen molar-refractivity contribution in [2.24, 2.45) is 9.98 Å². The van der Waals surface area contributed by atoms with E-state index in [1.807, 2.05) is 6.21 Å². The zero-order valence-corrected chi connectivity index (χ0v) is 30.7. The molecule has 0 aromatic heterocycles. The van der Waals surface area contributed by atoms with Crippen LogP contribution in [0.3, 0.4) is 0 Å². The molecule has 0 heterocycles. The van der Waals surface area contributed by atoms with Crippen molar-refractivity contribution in [1.82, 2.24) is 0 Å². The molecule has 0 atom stereocenters. The maximum Gasteiger partial charge on any atom is 0.0642 e. The molecule has 4 aromatic carbocycles. The first-order valence-electron chi connectivity index (χ1n) is 19.0. The third-order valence-corrected chi connectivity index (χ3v) is 9.55. The summed E-state index contributed by atoms with van der Waals surface area (Å²) in [6.45, 7) is 11.2. The lowest BCUT2D eigenvalue weighted by Crippen LogP contribution is -2.02. The summed E-state index contributed by atoms with van der Waals surface area (Å²) in [4.78, 5) is 10.1. The SMILES string of the molecule is CCCCCCCCc1cc(N=CC(C)=Nc2cc(C)c(-c3ccccc3)c(-c3ccccc3)c2)cc(CC)c1CCCCCCCC. The van der Waals surface area contributed by atoms with E-state index in [-0.39, 0.29) is 0 Å². The van der Waals surface area contributed by atoms with Gasteiger partial charge in [-0.1, -0.05) is 146 Å². The van der Waals surface area contributed by atoms with Crippen molar-refractivity contribution < 1.29 is 0 Å². The summed E-state index contributed by atoms with van der Waals surface area (Å²) in [6.07, 6.45) is 21.4. The summed E-state index contributed by atoms with van der Waals surface area (Å²) < 4.78 is 0. The van der Waals surface area contributed by atoms with Crippen molar-refractivity contribution in [3.63, 3.8) is 0 Å². The molecule has 0 aliphatic rings. The molecule has 0 radical (unpaired) electrons. The number of hydrogen-bond acceptors (Lipinski definition) is 2. The van der Waals surface area contributed by atoms with E-state index in [2.05, 4.69) is 120 Å². The number of aliphatic imine (C=N–C) groups is 2. The monoisotopic (exact) mass is 640 g/mol. The van der Waals surface area contributed by atoms with Gasteiger partial charge in [-0.2, -0.15) is 0 Å². The average molecular weight is 641 g/mol. The van der Waals surface area contributed by atoms with Gasteiger partial charge in [-0.05, 0) is 115 Å². The Labute approximate surface area is 292 Å². The first-order valence-corrected chi connectivity index (χ1v) is 19.0. The fourth-order valence-corrected chi connectivity index (χ4v) is 6.96. The molecule has 0 saturated heterocycles. The molecular weight excluding hydrogens is 581 g/mol. The fourth-order valence-electron chi connectivity index (χ4n) is 6.96. The molecule has 4 aromatic rings. The highest BCUT2D eigenvalue weighted by Crippen LogP contribution is 2.38. The van der Waals surface area contributed by atoms with Crippen LogP contribution < -0.4 is 0 Å². The number of rotatable bonds is 20. The molecule has 48 heavy (non-hydrogen) atoms. The molecule has 0 fully saturated rings. The maximum absolute atomic E-state index is 5.06. The van der Waals surface area contributed by atoms with Crippen molar-refractivity contribution >= 4 is 23.3 Å². The number of unbranched alkanes of at least 4 members (excludes halogenated alkanes) is 10. The average Bonchev–Trinajstić information content (AvgIpc) is 3.11. The van der Waals surface area contributed by atoms with Gasteiger partial charge in [0, 0.05) is 6.21 Å². The minimum Gasteiger partial charge on any atom is -0.255 e. The summed E-state index contributed by atoms with van der Waals surface area (Å²) in [6, 6.07) is 30.5. The number of hydrogen-bond donors (Lipinski definition) is 0. The Bertz CT molecular complexity index is 1580. The summed E-state index contributed by atoms with van der Waals surface area (Å²) in [7, 11) is 0. The van der Waals surface area contributed by atoms with Crippen molar-refractivity contribution in [3.8, 4) is 22.3 Å². The zero-order chi connectivity index (χ0) is 34.0. The van der Waals surface area contributed by atoms with Crippen molar-refractivity contribution in [2.45, 2.75) is 131 Å². The van der Waals surface area contributed by atoms with Gasteiger partial charge >= 0.3 is 0 Å². The van der Waals surface area contributed by atoms with E-state index >= 15 is 0 Å². The van der Waals surface area contributed by atoms with Gasteiger partial charge in [-0.25, -0.2) is 0 Å². The molecule has 0 aliphatic carbocycles. The minimum atomic E-state index is 0.910. The highest BCUT2D eigenvalue weighted by molar-refractivity contribution is 6.30. The Kier molecular flexibility index (Phi) is 15.9. The van der Waals surface area contributed by atoms with E-state index in [0.717, 1.165) is 29.9 Å². The summed E-state index contributed by atoms with van der Waals surface area (Å²) in [5.41, 5.74) is 13.7. The van der Waals surface area contributed by atoms with E-state index in [1.54, 1.807) is 5.56 Å². The van der Waals surface area contributed by atoms with Crippen LogP contribution in [0.25, 0.3) is 22.3 Å². The van der Waals surface area contributed by atoms with Crippen LogP contribution in [-0.4, -0.2) is 11.9 Å². The van der Waals surface area contributed by atoms with E-state index in [1.165, 1.54) is 122 Å². The molecule has 4 rings (SSSR count). The lowest BCUT2D eigenvalue weighted by atomic mass is 9.90. The molecule has 0 spiro atoms. The van der Waals surface area contributed by atoms with Crippen LogP contribution in [0.1, 0.15) is 127 Å². The van der Waals surface area contributed by atoms with Crippen LogP contribution in [0.2, 0.25) is 0 Å². The van der Waals surface area contributed by atoms with Gasteiger partial charge in [0.2, 0.25) is 0 Å². The predicted octanol–water partition coefficient (Wildman–Crippen LogP) is 14.2. The molecule has 0 aliphatic heterocycles. The highest BCUT2D eigenvalue weighted by atomic mass is 14.8. The summed E-state index contributed by atoms with van der Waals surface area (Å²) in [5.74, 6) is 0. The van der Waals surface area contributed by atoms with Gasteiger partial charge in [0.15, 0.2) is 0 Å². The largest absolute Gasteiger partial charge is 0.255 e. The smallest absolute Gasteiger partial charge is 0.0642 e. The van der Waals surface area contributed by atoms with Crippen LogP contribution in [0.5, 0.6) is 0 Å². The standard InChI is InChI=1S/C46H60N2/c1-6-9-11-13-15-19-29-41-33-42(32-38(8-3)44(41)30-24-16-14-12-10-7-2)47-35-37(5)48-43-31-36(4)46(40-27-22-18-23-28-40)45(34-43)39-25-20-17-21-26-39/h17-18,20-23,25-28,31-35H,6-16,19,24,29-30H2,1-5H3. The van der Waals surface area contributed by atoms with Crippen LogP contribution in [0.15, 0.2) is 94.9 Å². The van der Waals surface area contributed by atoms with Crippen LogP contribution in [0.4, 0.5) is 11.4 Å². The Morgan fingerprint density at radius 2 is 1.15 bits per heavy atom. The van der Waals surface area contributed by atoms with Crippen LogP contribution >= 0.6 is 0 Å². The lowest BCUT2D eigenvalue weighted by Gasteiger charge is -2.16. The molecule has 0 saturated carbocycles. The first kappa shape index (κ1) is 37.0.